The van der Waals surface area contributed by atoms with E-state index in [1.807, 2.05) is 79.9 Å². The van der Waals surface area contributed by atoms with E-state index in [2.05, 4.69) is 18.9 Å². The average molecular weight is 432 g/mol. The molecule has 0 amide bonds. The van der Waals surface area contributed by atoms with E-state index in [9.17, 15) is 9.59 Å². The highest BCUT2D eigenvalue weighted by molar-refractivity contribution is 5.94. The Labute approximate surface area is 187 Å². The van der Waals surface area contributed by atoms with Crippen LogP contribution in [0, 0.1) is 5.92 Å². The zero-order chi connectivity index (χ0) is 23.0. The lowest BCUT2D eigenvalue weighted by Crippen LogP contribution is -2.31. The number of para-hydroxylation sites is 2. The van der Waals surface area contributed by atoms with Gasteiger partial charge in [-0.25, -0.2) is 4.79 Å². The summed E-state index contributed by atoms with van der Waals surface area (Å²) in [6, 6.07) is 16.6. The van der Waals surface area contributed by atoms with Crippen molar-refractivity contribution in [2.24, 2.45) is 5.92 Å². The number of hydrogen-bond acceptors (Lipinski definition) is 4. The third-order valence-electron chi connectivity index (χ3n) is 5.29. The number of aromatic nitrogens is 3. The highest BCUT2D eigenvalue weighted by Crippen LogP contribution is 2.33. The number of benzene rings is 2. The molecule has 0 saturated carbocycles. The average Bonchev–Trinajstić information content (AvgIpc) is 3.07. The van der Waals surface area contributed by atoms with Crippen LogP contribution in [0.5, 0.6) is 0 Å². The van der Waals surface area contributed by atoms with Gasteiger partial charge in [0.1, 0.15) is 17.3 Å². The standard InChI is InChI=1S/C26H29N3O3/c1-17(2)15-22(25(31)32-26(3,4)5)28-16-20-23(19-13-9-10-14-21(19)28)27-29(24(20)30)18-11-7-6-8-12-18/h6-14,16-17,22H,15H2,1-5H3. The van der Waals surface area contributed by atoms with Crippen molar-refractivity contribution in [1.29, 1.82) is 0 Å². The fraction of sp³-hybridized carbons (Fsp3) is 0.346. The Hall–Kier alpha value is -3.41. The lowest BCUT2D eigenvalue weighted by atomic mass is 10.0. The van der Waals surface area contributed by atoms with Gasteiger partial charge in [0, 0.05) is 11.6 Å². The second-order valence-corrected chi connectivity index (χ2v) is 9.55. The van der Waals surface area contributed by atoms with Gasteiger partial charge in [-0.1, -0.05) is 50.2 Å². The summed E-state index contributed by atoms with van der Waals surface area (Å²) in [6.07, 6.45) is 2.36. The summed E-state index contributed by atoms with van der Waals surface area (Å²) < 4.78 is 9.08. The zero-order valence-electron chi connectivity index (χ0n) is 19.2. The maximum Gasteiger partial charge on any atom is 0.329 e. The molecular formula is C26H29N3O3. The van der Waals surface area contributed by atoms with Gasteiger partial charge in [-0.3, -0.25) is 4.79 Å². The smallest absolute Gasteiger partial charge is 0.329 e. The zero-order valence-corrected chi connectivity index (χ0v) is 19.2. The van der Waals surface area contributed by atoms with E-state index in [1.54, 1.807) is 6.20 Å². The third kappa shape index (κ3) is 4.17. The van der Waals surface area contributed by atoms with E-state index in [-0.39, 0.29) is 17.4 Å². The van der Waals surface area contributed by atoms with Crippen LogP contribution in [0.4, 0.5) is 0 Å². The van der Waals surface area contributed by atoms with E-state index >= 15 is 0 Å². The molecule has 0 aliphatic carbocycles. The number of fused-ring (bicyclic) bond motifs is 3. The molecule has 0 saturated heterocycles. The summed E-state index contributed by atoms with van der Waals surface area (Å²) in [5.74, 6) is -0.0446. The molecule has 6 nitrogen and oxygen atoms in total. The number of carbonyl (C=O) groups is 1. The number of esters is 1. The summed E-state index contributed by atoms with van der Waals surface area (Å²) in [5.41, 5.74) is 1.83. The molecule has 2 aromatic carbocycles. The second kappa shape index (κ2) is 8.26. The summed E-state index contributed by atoms with van der Waals surface area (Å²) in [6.45, 7) is 9.74. The minimum absolute atomic E-state index is 0.210. The van der Waals surface area contributed by atoms with Crippen LogP contribution >= 0.6 is 0 Å². The first-order chi connectivity index (χ1) is 15.2. The van der Waals surface area contributed by atoms with Gasteiger partial charge in [-0.2, -0.15) is 9.78 Å². The molecule has 0 N–H and O–H groups in total. The van der Waals surface area contributed by atoms with Gasteiger partial charge in [0.25, 0.3) is 5.56 Å². The number of nitrogens with zero attached hydrogens (tertiary/aromatic N) is 3. The molecule has 0 bridgehead atoms. The van der Waals surface area contributed by atoms with Crippen molar-refractivity contribution >= 4 is 16.9 Å². The van der Waals surface area contributed by atoms with Crippen LogP contribution in [0.15, 0.2) is 65.6 Å². The van der Waals surface area contributed by atoms with Gasteiger partial charge in [0.2, 0.25) is 0 Å². The molecule has 1 unspecified atom stereocenters. The molecule has 0 radical (unpaired) electrons. The van der Waals surface area contributed by atoms with Crippen molar-refractivity contribution in [2.75, 3.05) is 0 Å². The quantitative estimate of drug-likeness (QED) is 0.406. The number of hydrogen-bond donors (Lipinski definition) is 0. The fourth-order valence-electron chi connectivity index (χ4n) is 3.98. The van der Waals surface area contributed by atoms with Crippen molar-refractivity contribution < 1.29 is 9.53 Å². The number of ether oxygens (including phenoxy) is 1. The highest BCUT2D eigenvalue weighted by Gasteiger charge is 2.30. The van der Waals surface area contributed by atoms with Crippen molar-refractivity contribution in [2.45, 2.75) is 52.7 Å². The molecular weight excluding hydrogens is 402 g/mol. The number of pyridine rings is 1. The lowest BCUT2D eigenvalue weighted by molar-refractivity contribution is -0.159. The Balaban J connectivity index is 1.97. The minimum atomic E-state index is -0.603. The second-order valence-electron chi connectivity index (χ2n) is 9.55. The maximum absolute atomic E-state index is 13.3. The Kier molecular flexibility index (Phi) is 5.63. The first-order valence-corrected chi connectivity index (χ1v) is 11.0. The van der Waals surface area contributed by atoms with E-state index in [4.69, 9.17) is 4.74 Å². The van der Waals surface area contributed by atoms with Crippen LogP contribution in [0.25, 0.3) is 27.8 Å². The molecule has 4 rings (SSSR count). The fourth-order valence-corrected chi connectivity index (χ4v) is 3.98. The summed E-state index contributed by atoms with van der Waals surface area (Å²) >= 11 is 0. The van der Waals surface area contributed by atoms with E-state index in [0.29, 0.717) is 23.4 Å². The van der Waals surface area contributed by atoms with Crippen molar-refractivity contribution in [3.05, 3.63) is 71.1 Å². The van der Waals surface area contributed by atoms with Crippen molar-refractivity contribution in [1.82, 2.24) is 14.3 Å². The van der Waals surface area contributed by atoms with Crippen LogP contribution in [-0.4, -0.2) is 25.9 Å². The van der Waals surface area contributed by atoms with E-state index in [0.717, 1.165) is 10.9 Å². The molecule has 166 valence electrons. The van der Waals surface area contributed by atoms with Gasteiger partial charge in [0.15, 0.2) is 0 Å². The van der Waals surface area contributed by atoms with Gasteiger partial charge < -0.3 is 9.30 Å². The molecule has 32 heavy (non-hydrogen) atoms. The molecule has 2 aromatic rings. The Morgan fingerprint density at radius 2 is 1.69 bits per heavy atom. The molecule has 6 heteroatoms. The molecule has 0 fully saturated rings. The van der Waals surface area contributed by atoms with Crippen LogP contribution in [-0.2, 0) is 9.53 Å². The molecule has 2 aliphatic rings. The Bertz CT molecular complexity index is 1280. The predicted molar refractivity (Wildman–Crippen MR) is 126 cm³/mol. The largest absolute Gasteiger partial charge is 0.458 e. The third-order valence-corrected chi connectivity index (χ3v) is 5.29. The van der Waals surface area contributed by atoms with Gasteiger partial charge in [0.05, 0.1) is 16.8 Å². The molecule has 1 atom stereocenters. The minimum Gasteiger partial charge on any atom is -0.458 e. The number of rotatable bonds is 5. The predicted octanol–water partition coefficient (Wildman–Crippen LogP) is 5.22. The monoisotopic (exact) mass is 431 g/mol. The van der Waals surface area contributed by atoms with E-state index in [1.165, 1.54) is 4.68 Å². The van der Waals surface area contributed by atoms with Crippen LogP contribution in [0.1, 0.15) is 47.1 Å². The summed E-state index contributed by atoms with van der Waals surface area (Å²) in [4.78, 5) is 26.6. The number of carbonyl (C=O) groups excluding carboxylic acids is 1. The first kappa shape index (κ1) is 21.8. The van der Waals surface area contributed by atoms with Gasteiger partial charge >= 0.3 is 5.97 Å². The first-order valence-electron chi connectivity index (χ1n) is 11.0. The Morgan fingerprint density at radius 1 is 1.03 bits per heavy atom. The Morgan fingerprint density at radius 3 is 2.34 bits per heavy atom. The van der Waals surface area contributed by atoms with Crippen LogP contribution in [0.3, 0.4) is 0 Å². The summed E-state index contributed by atoms with van der Waals surface area (Å²) in [5, 5.41) is 5.48. The van der Waals surface area contributed by atoms with Crippen LogP contribution in [0.2, 0.25) is 0 Å². The lowest BCUT2D eigenvalue weighted by Gasteiger charge is -2.28. The highest BCUT2D eigenvalue weighted by atomic mass is 16.6. The van der Waals surface area contributed by atoms with Gasteiger partial charge in [-0.05, 0) is 51.3 Å². The van der Waals surface area contributed by atoms with E-state index < -0.39 is 11.6 Å². The normalized spacial score (nSPS) is 13.1. The van der Waals surface area contributed by atoms with Crippen LogP contribution < -0.4 is 5.56 Å². The molecule has 2 heterocycles. The maximum atomic E-state index is 13.3. The van der Waals surface area contributed by atoms with Gasteiger partial charge in [-0.15, -0.1) is 0 Å². The van der Waals surface area contributed by atoms with Crippen molar-refractivity contribution in [3.8, 4) is 16.9 Å². The SMILES string of the molecule is CC(C)CC(C(=O)OC(C)(C)C)n1cc2c(=O)n(-c3ccccc3)nc-2c2ccccc21. The molecule has 0 aromatic heterocycles. The molecule has 0 spiro atoms. The molecule has 2 aliphatic heterocycles. The topological polar surface area (TPSA) is 66.1 Å². The van der Waals surface area contributed by atoms with Crippen molar-refractivity contribution in [3.63, 3.8) is 0 Å². The summed E-state index contributed by atoms with van der Waals surface area (Å²) in [7, 11) is 0.